The van der Waals surface area contributed by atoms with Gasteiger partial charge in [-0.1, -0.05) is 52.3 Å². The van der Waals surface area contributed by atoms with Crippen LogP contribution in [0.3, 0.4) is 0 Å². The van der Waals surface area contributed by atoms with Crippen LogP contribution in [-0.4, -0.2) is 19.8 Å². The molecule has 3 aromatic carbocycles. The molecule has 0 amide bonds. The summed E-state index contributed by atoms with van der Waals surface area (Å²) in [6, 6.07) is 17.7. The van der Waals surface area contributed by atoms with Gasteiger partial charge in [0.25, 0.3) is 5.56 Å². The zero-order valence-corrected chi connectivity index (χ0v) is 19.5. The highest BCUT2D eigenvalue weighted by Gasteiger charge is 2.14. The molecule has 31 heavy (non-hydrogen) atoms. The number of halogens is 2. The topological polar surface area (TPSA) is 75.4 Å². The Morgan fingerprint density at radius 1 is 0.968 bits per heavy atom. The number of fused-ring (bicyclic) bond motifs is 1. The Bertz CT molecular complexity index is 1350. The van der Waals surface area contributed by atoms with Gasteiger partial charge in [0.05, 0.1) is 10.9 Å². The minimum atomic E-state index is -0.181. The lowest BCUT2D eigenvalue weighted by Crippen LogP contribution is -2.25. The summed E-state index contributed by atoms with van der Waals surface area (Å²) in [6.07, 6.45) is 4.07. The highest BCUT2D eigenvalue weighted by atomic mass is 79.9. The highest BCUT2D eigenvalue weighted by molar-refractivity contribution is 9.11. The second-order valence-electron chi connectivity index (χ2n) is 7.02. The molecule has 4 aromatic rings. The van der Waals surface area contributed by atoms with Gasteiger partial charge in [0.15, 0.2) is 0 Å². The van der Waals surface area contributed by atoms with Gasteiger partial charge in [0.2, 0.25) is 0 Å². The molecule has 4 rings (SSSR count). The molecule has 7 heteroatoms. The second kappa shape index (κ2) is 9.08. The SMILES string of the molecule is O=c1c2cc(Br)cc(Br)c2nc(/C=C/c2ccccc2)n1CCc1cc(O)ccc1O. The van der Waals surface area contributed by atoms with Crippen LogP contribution < -0.4 is 5.56 Å². The van der Waals surface area contributed by atoms with Gasteiger partial charge in [-0.05, 0) is 69.9 Å². The van der Waals surface area contributed by atoms with Crippen molar-refractivity contribution in [1.82, 2.24) is 9.55 Å². The lowest BCUT2D eigenvalue weighted by Gasteiger charge is -2.13. The zero-order valence-electron chi connectivity index (χ0n) is 16.3. The summed E-state index contributed by atoms with van der Waals surface area (Å²) < 4.78 is 3.08. The summed E-state index contributed by atoms with van der Waals surface area (Å²) in [5.41, 5.74) is 1.95. The van der Waals surface area contributed by atoms with E-state index in [0.717, 1.165) is 14.5 Å². The van der Waals surface area contributed by atoms with E-state index in [1.165, 1.54) is 18.2 Å². The molecule has 0 aliphatic heterocycles. The van der Waals surface area contributed by atoms with Gasteiger partial charge in [-0.2, -0.15) is 0 Å². The first-order valence-electron chi connectivity index (χ1n) is 9.56. The fourth-order valence-electron chi connectivity index (χ4n) is 3.35. The van der Waals surface area contributed by atoms with Gasteiger partial charge in [0, 0.05) is 15.5 Å². The number of hydrogen-bond donors (Lipinski definition) is 2. The van der Waals surface area contributed by atoms with Crippen LogP contribution in [-0.2, 0) is 13.0 Å². The standard InChI is InChI=1S/C24H18Br2N2O3/c25-17-13-19-23(20(26)14-17)27-22(9-6-15-4-2-1-3-5-15)28(24(19)31)11-10-16-12-18(29)7-8-21(16)30/h1-9,12-14,29-30H,10-11H2/b9-6+. The van der Waals surface area contributed by atoms with Crippen LogP contribution >= 0.6 is 31.9 Å². The Labute approximate surface area is 195 Å². The first-order valence-corrected chi connectivity index (χ1v) is 11.1. The summed E-state index contributed by atoms with van der Waals surface area (Å²) in [6.45, 7) is 0.289. The first kappa shape index (κ1) is 21.3. The van der Waals surface area contributed by atoms with Crippen molar-refractivity contribution >= 4 is 54.9 Å². The number of nitrogens with zero attached hydrogens (tertiary/aromatic N) is 2. The third-order valence-electron chi connectivity index (χ3n) is 4.90. The van der Waals surface area contributed by atoms with Crippen molar-refractivity contribution in [2.24, 2.45) is 0 Å². The van der Waals surface area contributed by atoms with Crippen LogP contribution in [0.1, 0.15) is 17.0 Å². The maximum absolute atomic E-state index is 13.4. The van der Waals surface area contributed by atoms with E-state index >= 15 is 0 Å². The smallest absolute Gasteiger partial charge is 0.261 e. The van der Waals surface area contributed by atoms with Crippen LogP contribution in [0.15, 0.2) is 74.4 Å². The molecule has 0 saturated carbocycles. The first-order chi connectivity index (χ1) is 14.9. The molecule has 0 aliphatic rings. The third-order valence-corrected chi connectivity index (χ3v) is 5.96. The molecule has 2 N–H and O–H groups in total. The zero-order chi connectivity index (χ0) is 22.0. The number of aromatic nitrogens is 2. The van der Waals surface area contributed by atoms with E-state index in [1.54, 1.807) is 10.6 Å². The molecule has 0 spiro atoms. The molecule has 0 fully saturated rings. The number of rotatable bonds is 5. The normalized spacial score (nSPS) is 11.4. The van der Waals surface area contributed by atoms with Crippen molar-refractivity contribution in [3.05, 3.63) is 96.9 Å². The van der Waals surface area contributed by atoms with Crippen molar-refractivity contribution in [2.75, 3.05) is 0 Å². The molecule has 0 saturated heterocycles. The van der Waals surface area contributed by atoms with Crippen LogP contribution in [0.4, 0.5) is 0 Å². The van der Waals surface area contributed by atoms with E-state index in [-0.39, 0.29) is 23.6 Å². The Hall–Kier alpha value is -2.90. The number of phenolic OH excluding ortho intramolecular Hbond substituents is 2. The second-order valence-corrected chi connectivity index (χ2v) is 8.79. The van der Waals surface area contributed by atoms with Gasteiger partial charge >= 0.3 is 0 Å². The Kier molecular flexibility index (Phi) is 6.25. The van der Waals surface area contributed by atoms with Crippen LogP contribution in [0.2, 0.25) is 0 Å². The van der Waals surface area contributed by atoms with Crippen molar-refractivity contribution in [1.29, 1.82) is 0 Å². The molecule has 0 unspecified atom stereocenters. The summed E-state index contributed by atoms with van der Waals surface area (Å²) in [4.78, 5) is 18.1. The van der Waals surface area contributed by atoms with Crippen molar-refractivity contribution < 1.29 is 10.2 Å². The van der Waals surface area contributed by atoms with E-state index < -0.39 is 0 Å². The van der Waals surface area contributed by atoms with Crippen LogP contribution in [0, 0.1) is 0 Å². The predicted molar refractivity (Wildman–Crippen MR) is 130 cm³/mol. The number of aromatic hydroxyl groups is 2. The summed E-state index contributed by atoms with van der Waals surface area (Å²) in [7, 11) is 0. The van der Waals surface area contributed by atoms with Crippen molar-refractivity contribution in [2.45, 2.75) is 13.0 Å². The molecular weight excluding hydrogens is 524 g/mol. The van der Waals surface area contributed by atoms with E-state index in [1.807, 2.05) is 48.6 Å². The van der Waals surface area contributed by atoms with Gasteiger partial charge in [0.1, 0.15) is 17.3 Å². The molecule has 1 heterocycles. The Morgan fingerprint density at radius 2 is 1.74 bits per heavy atom. The largest absolute Gasteiger partial charge is 0.508 e. The summed E-state index contributed by atoms with van der Waals surface area (Å²) in [5.74, 6) is 0.643. The minimum Gasteiger partial charge on any atom is -0.508 e. The summed E-state index contributed by atoms with van der Waals surface area (Å²) in [5, 5.41) is 20.3. The number of aryl methyl sites for hydroxylation is 1. The van der Waals surface area contributed by atoms with E-state index in [2.05, 4.69) is 31.9 Å². The van der Waals surface area contributed by atoms with E-state index in [9.17, 15) is 15.0 Å². The van der Waals surface area contributed by atoms with Crippen molar-refractivity contribution in [3.63, 3.8) is 0 Å². The molecular formula is C24H18Br2N2O3. The molecule has 5 nitrogen and oxygen atoms in total. The van der Waals surface area contributed by atoms with Gasteiger partial charge in [-0.25, -0.2) is 4.98 Å². The third kappa shape index (κ3) is 4.73. The maximum atomic E-state index is 13.4. The van der Waals surface area contributed by atoms with Gasteiger partial charge in [-0.3, -0.25) is 9.36 Å². The van der Waals surface area contributed by atoms with E-state index in [0.29, 0.717) is 28.7 Å². The quantitative estimate of drug-likeness (QED) is 0.316. The van der Waals surface area contributed by atoms with Crippen molar-refractivity contribution in [3.8, 4) is 11.5 Å². The molecule has 0 bridgehead atoms. The maximum Gasteiger partial charge on any atom is 0.261 e. The molecule has 0 aliphatic carbocycles. The molecule has 0 atom stereocenters. The Morgan fingerprint density at radius 3 is 2.52 bits per heavy atom. The lowest BCUT2D eigenvalue weighted by molar-refractivity contribution is 0.451. The molecule has 156 valence electrons. The average molecular weight is 542 g/mol. The van der Waals surface area contributed by atoms with Crippen LogP contribution in [0.25, 0.3) is 23.1 Å². The van der Waals surface area contributed by atoms with Crippen LogP contribution in [0.5, 0.6) is 11.5 Å². The van der Waals surface area contributed by atoms with Gasteiger partial charge < -0.3 is 10.2 Å². The lowest BCUT2D eigenvalue weighted by atomic mass is 10.1. The molecule has 1 aromatic heterocycles. The predicted octanol–water partition coefficient (Wildman–Crippen LogP) is 5.75. The highest BCUT2D eigenvalue weighted by Crippen LogP contribution is 2.27. The number of hydrogen-bond acceptors (Lipinski definition) is 4. The fourth-order valence-corrected chi connectivity index (χ4v) is 4.66. The van der Waals surface area contributed by atoms with Gasteiger partial charge in [-0.15, -0.1) is 0 Å². The number of benzene rings is 3. The Balaban J connectivity index is 1.82. The average Bonchev–Trinajstić information content (AvgIpc) is 2.75. The molecule has 0 radical (unpaired) electrons. The number of phenols is 2. The van der Waals surface area contributed by atoms with E-state index in [4.69, 9.17) is 4.98 Å². The fraction of sp³-hybridized carbons (Fsp3) is 0.0833. The monoisotopic (exact) mass is 540 g/mol. The summed E-state index contributed by atoms with van der Waals surface area (Å²) >= 11 is 6.94. The minimum absolute atomic E-state index is 0.0637.